The Morgan fingerprint density at radius 1 is 1.12 bits per heavy atom. The second-order valence-corrected chi connectivity index (χ2v) is 4.74. The molecule has 1 rings (SSSR count). The lowest BCUT2D eigenvalue weighted by Crippen LogP contribution is -2.31. The van der Waals surface area contributed by atoms with E-state index in [-0.39, 0.29) is 15.6 Å². The van der Waals surface area contributed by atoms with Crippen LogP contribution in [0.15, 0.2) is 18.2 Å². The van der Waals surface area contributed by atoms with Crippen LogP contribution in [-0.2, 0) is 0 Å². The number of benzene rings is 1. The molecule has 1 aromatic carbocycles. The van der Waals surface area contributed by atoms with Crippen LogP contribution in [0.1, 0.15) is 10.4 Å². The molecule has 0 saturated carbocycles. The largest absolute Gasteiger partial charge is 0.323 e. The van der Waals surface area contributed by atoms with Crippen LogP contribution in [0.2, 0.25) is 10.0 Å². The Labute approximate surface area is 108 Å². The summed E-state index contributed by atoms with van der Waals surface area (Å²) in [6.45, 7) is 0. The zero-order valence-electron chi connectivity index (χ0n) is 7.53. The van der Waals surface area contributed by atoms with Crippen LogP contribution in [0.5, 0.6) is 0 Å². The lowest BCUT2D eigenvalue weighted by atomic mass is 10.1. The zero-order valence-corrected chi connectivity index (χ0v) is 10.6. The molecular formula is C9H5BrCl2F4. The molecule has 0 spiro atoms. The van der Waals surface area contributed by atoms with Crippen molar-refractivity contribution in [3.63, 3.8) is 0 Å². The molecular weight excluding hydrogens is 335 g/mol. The third-order valence-electron chi connectivity index (χ3n) is 1.87. The van der Waals surface area contributed by atoms with E-state index in [9.17, 15) is 17.6 Å². The minimum Gasteiger partial charge on any atom is -0.204 e. The van der Waals surface area contributed by atoms with Gasteiger partial charge in [0.2, 0.25) is 0 Å². The van der Waals surface area contributed by atoms with Gasteiger partial charge in [0.1, 0.15) is 4.83 Å². The van der Waals surface area contributed by atoms with Gasteiger partial charge in [0.25, 0.3) is 0 Å². The van der Waals surface area contributed by atoms with Crippen LogP contribution in [0.25, 0.3) is 0 Å². The summed E-state index contributed by atoms with van der Waals surface area (Å²) in [4.78, 5) is -1.81. The molecule has 0 aliphatic carbocycles. The first-order chi connectivity index (χ1) is 7.26. The molecule has 0 bridgehead atoms. The van der Waals surface area contributed by atoms with Crippen molar-refractivity contribution in [2.45, 2.75) is 17.2 Å². The standard InChI is InChI=1S/C9H5BrCl2F4/c10-7(9(15,16)8(13)14)4-1-2-5(11)6(12)3-4/h1-3,7-8H. The smallest absolute Gasteiger partial charge is 0.204 e. The summed E-state index contributed by atoms with van der Waals surface area (Å²) in [6, 6.07) is 3.61. The van der Waals surface area contributed by atoms with E-state index in [1.54, 1.807) is 0 Å². The fourth-order valence-corrected chi connectivity index (χ4v) is 1.79. The molecule has 0 aliphatic rings. The van der Waals surface area contributed by atoms with Gasteiger partial charge >= 0.3 is 12.3 Å². The van der Waals surface area contributed by atoms with Crippen molar-refractivity contribution in [2.24, 2.45) is 0 Å². The van der Waals surface area contributed by atoms with Gasteiger partial charge < -0.3 is 0 Å². The summed E-state index contributed by atoms with van der Waals surface area (Å²) in [5, 5.41) is 0.208. The van der Waals surface area contributed by atoms with Crippen molar-refractivity contribution in [1.82, 2.24) is 0 Å². The Hall–Kier alpha value is -0.000000000000000111. The van der Waals surface area contributed by atoms with Gasteiger partial charge in [-0.15, -0.1) is 0 Å². The maximum Gasteiger partial charge on any atom is 0.323 e. The maximum absolute atomic E-state index is 13.0. The van der Waals surface area contributed by atoms with E-state index < -0.39 is 17.2 Å². The van der Waals surface area contributed by atoms with Crippen molar-refractivity contribution in [3.05, 3.63) is 33.8 Å². The van der Waals surface area contributed by atoms with Gasteiger partial charge in [-0.3, -0.25) is 0 Å². The van der Waals surface area contributed by atoms with E-state index in [0.717, 1.165) is 6.07 Å². The van der Waals surface area contributed by atoms with E-state index in [2.05, 4.69) is 15.9 Å². The fraction of sp³-hybridized carbons (Fsp3) is 0.333. The van der Waals surface area contributed by atoms with Crippen molar-refractivity contribution < 1.29 is 17.6 Å². The molecule has 7 heteroatoms. The summed E-state index contributed by atoms with van der Waals surface area (Å²) < 4.78 is 50.1. The number of halogens is 7. The number of rotatable bonds is 3. The molecule has 0 heterocycles. The molecule has 16 heavy (non-hydrogen) atoms. The summed E-state index contributed by atoms with van der Waals surface area (Å²) in [5.41, 5.74) is -0.0558. The average molecular weight is 340 g/mol. The highest BCUT2D eigenvalue weighted by atomic mass is 79.9. The molecule has 0 fully saturated rings. The molecule has 0 aliphatic heterocycles. The van der Waals surface area contributed by atoms with Gasteiger partial charge in [0.15, 0.2) is 0 Å². The van der Waals surface area contributed by atoms with E-state index in [0.29, 0.717) is 0 Å². The van der Waals surface area contributed by atoms with E-state index in [1.807, 2.05) is 0 Å². The van der Waals surface area contributed by atoms with E-state index in [1.165, 1.54) is 12.1 Å². The topological polar surface area (TPSA) is 0 Å². The van der Waals surface area contributed by atoms with Crippen molar-refractivity contribution in [2.75, 3.05) is 0 Å². The minimum absolute atomic E-state index is 0.0358. The van der Waals surface area contributed by atoms with Crippen LogP contribution in [0.3, 0.4) is 0 Å². The summed E-state index contributed by atoms with van der Waals surface area (Å²) >= 11 is 13.7. The van der Waals surface area contributed by atoms with Gasteiger partial charge in [-0.05, 0) is 17.7 Å². The Balaban J connectivity index is 3.05. The first-order valence-corrected chi connectivity index (χ1v) is 5.69. The molecule has 0 aromatic heterocycles. The summed E-state index contributed by atoms with van der Waals surface area (Å²) in [5.74, 6) is -4.17. The van der Waals surface area contributed by atoms with Crippen LogP contribution in [0, 0.1) is 0 Å². The Bertz CT molecular complexity index is 384. The predicted octanol–water partition coefficient (Wildman–Crippen LogP) is 5.33. The van der Waals surface area contributed by atoms with E-state index >= 15 is 0 Å². The van der Waals surface area contributed by atoms with Gasteiger partial charge in [0, 0.05) is 0 Å². The molecule has 0 N–H and O–H groups in total. The van der Waals surface area contributed by atoms with Gasteiger partial charge in [-0.25, -0.2) is 8.78 Å². The normalized spacial score (nSPS) is 14.2. The summed E-state index contributed by atoms with van der Waals surface area (Å²) in [7, 11) is 0. The Kier molecular flexibility index (Phi) is 4.49. The summed E-state index contributed by atoms with van der Waals surface area (Å²) in [6.07, 6.45) is -3.76. The number of hydrogen-bond acceptors (Lipinski definition) is 0. The maximum atomic E-state index is 13.0. The van der Waals surface area contributed by atoms with Crippen LogP contribution in [0.4, 0.5) is 17.6 Å². The average Bonchev–Trinajstić information content (AvgIpc) is 2.20. The predicted molar refractivity (Wildman–Crippen MR) is 59.1 cm³/mol. The van der Waals surface area contributed by atoms with Gasteiger partial charge in [-0.2, -0.15) is 8.78 Å². The molecule has 0 radical (unpaired) electrons. The first-order valence-electron chi connectivity index (χ1n) is 4.01. The lowest BCUT2D eigenvalue weighted by molar-refractivity contribution is -0.127. The van der Waals surface area contributed by atoms with Crippen molar-refractivity contribution >= 4 is 39.1 Å². The molecule has 0 saturated heterocycles. The minimum atomic E-state index is -4.17. The van der Waals surface area contributed by atoms with Crippen LogP contribution < -0.4 is 0 Å². The second-order valence-electron chi connectivity index (χ2n) is 3.01. The van der Waals surface area contributed by atoms with Crippen molar-refractivity contribution in [1.29, 1.82) is 0 Å². The third-order valence-corrected chi connectivity index (χ3v) is 3.74. The van der Waals surface area contributed by atoms with Gasteiger partial charge in [-0.1, -0.05) is 45.2 Å². The Morgan fingerprint density at radius 3 is 2.12 bits per heavy atom. The highest BCUT2D eigenvalue weighted by Crippen LogP contribution is 2.43. The number of hydrogen-bond donors (Lipinski definition) is 0. The van der Waals surface area contributed by atoms with Crippen LogP contribution in [-0.4, -0.2) is 12.3 Å². The molecule has 0 amide bonds. The molecule has 1 aromatic rings. The molecule has 90 valence electrons. The van der Waals surface area contributed by atoms with Crippen LogP contribution >= 0.6 is 39.1 Å². The van der Waals surface area contributed by atoms with E-state index in [4.69, 9.17) is 23.2 Å². The molecule has 1 unspecified atom stereocenters. The third kappa shape index (κ3) is 2.81. The second kappa shape index (κ2) is 5.10. The number of alkyl halides is 5. The quantitative estimate of drug-likeness (QED) is 0.515. The zero-order chi connectivity index (χ0) is 12.5. The lowest BCUT2D eigenvalue weighted by Gasteiger charge is -2.21. The van der Waals surface area contributed by atoms with Gasteiger partial charge in [0.05, 0.1) is 10.0 Å². The Morgan fingerprint density at radius 2 is 1.69 bits per heavy atom. The highest BCUT2D eigenvalue weighted by Gasteiger charge is 2.48. The SMILES string of the molecule is FC(F)C(F)(F)C(Br)c1ccc(Cl)c(Cl)c1. The fourth-order valence-electron chi connectivity index (χ4n) is 1.00. The first kappa shape index (κ1) is 14.1. The monoisotopic (exact) mass is 338 g/mol. The molecule has 1 atom stereocenters. The molecule has 0 nitrogen and oxygen atoms in total. The van der Waals surface area contributed by atoms with Crippen molar-refractivity contribution in [3.8, 4) is 0 Å². The highest BCUT2D eigenvalue weighted by molar-refractivity contribution is 9.09.